The molecule has 0 saturated heterocycles. The summed E-state index contributed by atoms with van der Waals surface area (Å²) in [6.45, 7) is 4.30. The molecule has 1 aromatic carbocycles. The van der Waals surface area contributed by atoms with Crippen LogP contribution in [-0.2, 0) is 20.8 Å². The van der Waals surface area contributed by atoms with Crippen LogP contribution < -0.4 is 5.32 Å². The topological polar surface area (TPSA) is 86.7 Å². The number of alkyl halides is 3. The molecule has 3 rings (SSSR count). The lowest BCUT2D eigenvalue weighted by Gasteiger charge is -2.35. The van der Waals surface area contributed by atoms with E-state index in [-0.39, 0.29) is 37.3 Å². The first-order chi connectivity index (χ1) is 13.8. The van der Waals surface area contributed by atoms with Crippen molar-refractivity contribution in [3.63, 3.8) is 0 Å². The fourth-order valence-corrected chi connectivity index (χ4v) is 4.23. The molecular formula is C21H23F3N2O4. The molecule has 1 aromatic rings. The van der Waals surface area contributed by atoms with Crippen LogP contribution in [0.25, 0.3) is 0 Å². The number of hydrogen-bond acceptors (Lipinski definition) is 4. The van der Waals surface area contributed by atoms with E-state index in [0.717, 1.165) is 11.8 Å². The van der Waals surface area contributed by atoms with Gasteiger partial charge in [0.05, 0.1) is 5.57 Å². The number of Topliss-reactive ketones (excluding diaryl/α,β-unsaturated/α-hetero) is 1. The fraction of sp³-hybridized carbons (Fsp3) is 0.476. The Labute approximate surface area is 171 Å². The molecule has 162 valence electrons. The van der Waals surface area contributed by atoms with Gasteiger partial charge in [-0.15, -0.1) is 0 Å². The highest BCUT2D eigenvalue weighted by atomic mass is 19.4. The van der Waals surface area contributed by atoms with Crippen LogP contribution in [0.4, 0.5) is 13.2 Å². The summed E-state index contributed by atoms with van der Waals surface area (Å²) in [6.07, 6.45) is -5.01. The summed E-state index contributed by atoms with van der Waals surface area (Å²) in [6, 6.07) is 6.09. The van der Waals surface area contributed by atoms with Gasteiger partial charge in [0.2, 0.25) is 11.4 Å². The van der Waals surface area contributed by atoms with Gasteiger partial charge in [-0.2, -0.15) is 13.2 Å². The third-order valence-corrected chi connectivity index (χ3v) is 5.47. The van der Waals surface area contributed by atoms with Crippen LogP contribution in [0.5, 0.6) is 5.75 Å². The molecule has 0 fully saturated rings. The van der Waals surface area contributed by atoms with Crippen molar-refractivity contribution in [2.75, 3.05) is 6.54 Å². The first-order valence-electron chi connectivity index (χ1n) is 9.51. The number of nitrogens with one attached hydrogen (secondary N) is 1. The van der Waals surface area contributed by atoms with Crippen molar-refractivity contribution in [2.45, 2.75) is 51.7 Å². The second kappa shape index (κ2) is 7.14. The number of carbonyl (C=O) groups is 3. The Bertz CT molecular complexity index is 935. The Morgan fingerprint density at radius 3 is 2.30 bits per heavy atom. The maximum absolute atomic E-state index is 14.3. The molecule has 9 heteroatoms. The van der Waals surface area contributed by atoms with E-state index in [1.165, 1.54) is 12.1 Å². The highest BCUT2D eigenvalue weighted by molar-refractivity contribution is 6.13. The van der Waals surface area contributed by atoms with Gasteiger partial charge in [-0.05, 0) is 36.0 Å². The molecule has 1 atom stereocenters. The molecule has 1 aliphatic heterocycles. The van der Waals surface area contributed by atoms with Crippen LogP contribution in [0.3, 0.4) is 0 Å². The number of hydrogen-bond donors (Lipinski definition) is 2. The zero-order valence-corrected chi connectivity index (χ0v) is 16.9. The molecule has 0 aromatic heterocycles. The number of rotatable bonds is 4. The molecule has 1 heterocycles. The summed E-state index contributed by atoms with van der Waals surface area (Å²) in [5.74, 6) is -3.15. The van der Waals surface area contributed by atoms with Crippen LogP contribution >= 0.6 is 0 Å². The Balaban J connectivity index is 2.09. The second-order valence-electron chi connectivity index (χ2n) is 8.56. The van der Waals surface area contributed by atoms with Gasteiger partial charge in [-0.1, -0.05) is 26.0 Å². The Hall–Kier alpha value is -2.84. The van der Waals surface area contributed by atoms with Crippen molar-refractivity contribution >= 4 is 17.6 Å². The molecule has 6 nitrogen and oxygen atoms in total. The Kier molecular flexibility index (Phi) is 5.20. The lowest BCUT2D eigenvalue weighted by molar-refractivity contribution is -0.194. The van der Waals surface area contributed by atoms with E-state index in [1.807, 2.05) is 0 Å². The molecular weight excluding hydrogens is 401 g/mol. The van der Waals surface area contributed by atoms with Gasteiger partial charge in [0.25, 0.3) is 5.91 Å². The molecule has 2 N–H and O–H groups in total. The Morgan fingerprint density at radius 1 is 1.17 bits per heavy atom. The summed E-state index contributed by atoms with van der Waals surface area (Å²) in [5.41, 5.74) is -3.93. The van der Waals surface area contributed by atoms with Crippen LogP contribution in [0.1, 0.15) is 39.2 Å². The summed E-state index contributed by atoms with van der Waals surface area (Å²) in [7, 11) is 0. The summed E-state index contributed by atoms with van der Waals surface area (Å²) >= 11 is 0. The summed E-state index contributed by atoms with van der Waals surface area (Å²) < 4.78 is 42.8. The predicted octanol–water partition coefficient (Wildman–Crippen LogP) is 2.86. The quantitative estimate of drug-likeness (QED) is 0.778. The molecule has 0 radical (unpaired) electrons. The molecule has 2 aliphatic rings. The van der Waals surface area contributed by atoms with Gasteiger partial charge in [-0.25, -0.2) is 0 Å². The lowest BCUT2D eigenvalue weighted by atomic mass is 9.72. The van der Waals surface area contributed by atoms with E-state index in [4.69, 9.17) is 0 Å². The number of aromatic hydroxyl groups is 1. The average molecular weight is 424 g/mol. The number of nitrogens with zero attached hydrogens (tertiary/aromatic N) is 1. The number of allylic oxidation sites excluding steroid dienone is 1. The minimum atomic E-state index is -5.18. The molecule has 0 bridgehead atoms. The first-order valence-corrected chi connectivity index (χ1v) is 9.51. The second-order valence-corrected chi connectivity index (χ2v) is 8.56. The largest absolute Gasteiger partial charge is 0.508 e. The third kappa shape index (κ3) is 3.57. The molecule has 0 spiro atoms. The van der Waals surface area contributed by atoms with Crippen molar-refractivity contribution in [1.82, 2.24) is 10.2 Å². The van der Waals surface area contributed by atoms with E-state index in [2.05, 4.69) is 0 Å². The van der Waals surface area contributed by atoms with Crippen LogP contribution in [0.15, 0.2) is 35.5 Å². The van der Waals surface area contributed by atoms with Gasteiger partial charge in [0.15, 0.2) is 5.78 Å². The first kappa shape index (κ1) is 21.9. The van der Waals surface area contributed by atoms with Crippen molar-refractivity contribution in [2.24, 2.45) is 5.41 Å². The number of carbonyl (C=O) groups excluding carboxylic acids is 3. The predicted molar refractivity (Wildman–Crippen MR) is 101 cm³/mol. The number of halogens is 3. The van der Waals surface area contributed by atoms with E-state index in [9.17, 15) is 32.7 Å². The smallest absolute Gasteiger partial charge is 0.425 e. The molecule has 1 unspecified atom stereocenters. The maximum atomic E-state index is 14.3. The van der Waals surface area contributed by atoms with Crippen molar-refractivity contribution in [3.8, 4) is 5.75 Å². The normalized spacial score (nSPS) is 23.6. The lowest BCUT2D eigenvalue weighted by Crippen LogP contribution is -2.66. The number of amides is 2. The number of ketones is 1. The van der Waals surface area contributed by atoms with Gasteiger partial charge < -0.3 is 15.3 Å². The van der Waals surface area contributed by atoms with Crippen molar-refractivity contribution in [3.05, 3.63) is 41.1 Å². The maximum Gasteiger partial charge on any atom is 0.425 e. The van der Waals surface area contributed by atoms with Gasteiger partial charge in [0.1, 0.15) is 5.75 Å². The summed E-state index contributed by atoms with van der Waals surface area (Å²) in [5, 5.41) is 11.2. The minimum Gasteiger partial charge on any atom is -0.508 e. The van der Waals surface area contributed by atoms with E-state index in [0.29, 0.717) is 5.56 Å². The summed E-state index contributed by atoms with van der Waals surface area (Å²) in [4.78, 5) is 38.7. The molecule has 2 amide bonds. The zero-order valence-electron chi connectivity index (χ0n) is 16.9. The van der Waals surface area contributed by atoms with Crippen LogP contribution in [0.2, 0.25) is 0 Å². The molecule has 0 saturated carbocycles. The van der Waals surface area contributed by atoms with Crippen LogP contribution in [-0.4, -0.2) is 45.9 Å². The number of phenolic OH excluding ortho intramolecular Hbond substituents is 1. The van der Waals surface area contributed by atoms with Gasteiger partial charge in [-0.3, -0.25) is 14.4 Å². The zero-order chi connectivity index (χ0) is 22.5. The fourth-order valence-electron chi connectivity index (χ4n) is 4.23. The minimum absolute atomic E-state index is 0.0195. The van der Waals surface area contributed by atoms with E-state index in [1.54, 1.807) is 31.3 Å². The van der Waals surface area contributed by atoms with Gasteiger partial charge in [0, 0.05) is 25.6 Å². The molecule has 30 heavy (non-hydrogen) atoms. The van der Waals surface area contributed by atoms with E-state index < -0.39 is 40.3 Å². The van der Waals surface area contributed by atoms with Gasteiger partial charge >= 0.3 is 6.18 Å². The highest BCUT2D eigenvalue weighted by Gasteiger charge is 2.71. The molecule has 1 aliphatic carbocycles. The third-order valence-electron chi connectivity index (χ3n) is 5.47. The van der Waals surface area contributed by atoms with E-state index >= 15 is 0 Å². The SMILES string of the molecule is CC(=O)NC1(C(F)(F)F)C(=O)N(CCc2ccc(O)cc2)C2=C1C(=O)CC(C)(C)C2. The Morgan fingerprint density at radius 2 is 1.77 bits per heavy atom. The van der Waals surface area contributed by atoms with Crippen molar-refractivity contribution < 1.29 is 32.7 Å². The number of benzene rings is 1. The van der Waals surface area contributed by atoms with Crippen molar-refractivity contribution in [1.29, 1.82) is 0 Å². The average Bonchev–Trinajstić information content (AvgIpc) is 2.82. The highest BCUT2D eigenvalue weighted by Crippen LogP contribution is 2.51. The standard InChI is InChI=1S/C21H23F3N2O4/c1-12(27)25-20(21(22,23)24)17-15(10-19(2,3)11-16(17)29)26(18(20)30)9-8-13-4-6-14(28)7-5-13/h4-7,28H,8-11H2,1-3H3,(H,25,27). The number of phenols is 1. The monoisotopic (exact) mass is 424 g/mol. The van der Waals surface area contributed by atoms with Crippen LogP contribution in [0, 0.1) is 5.41 Å².